The summed E-state index contributed by atoms with van der Waals surface area (Å²) in [4.78, 5) is 30.9. The summed E-state index contributed by atoms with van der Waals surface area (Å²) in [6, 6.07) is 18.9. The summed E-state index contributed by atoms with van der Waals surface area (Å²) in [5.74, 6) is 0.780. The molecule has 8 nitrogen and oxygen atoms in total. The van der Waals surface area contributed by atoms with Crippen LogP contribution in [0.2, 0.25) is 5.02 Å². The SMILES string of the molecule is O=c1c2cnc(Nc3ccc(-c4cccnc4)cc3)nc2n2ccnc2n1-c1ccccc1Cl. The molecular formula is C25H16ClN7O. The first-order valence-corrected chi connectivity index (χ1v) is 10.8. The Bertz CT molecular complexity index is 1710. The third-order valence-corrected chi connectivity index (χ3v) is 5.80. The molecule has 0 spiro atoms. The molecule has 6 rings (SSSR count). The van der Waals surface area contributed by atoms with Crippen molar-refractivity contribution in [3.8, 4) is 16.8 Å². The summed E-state index contributed by atoms with van der Waals surface area (Å²) in [6.07, 6.45) is 8.46. The van der Waals surface area contributed by atoms with Gasteiger partial charge in [0.25, 0.3) is 5.56 Å². The normalized spacial score (nSPS) is 11.2. The molecule has 0 amide bonds. The summed E-state index contributed by atoms with van der Waals surface area (Å²) in [5, 5.41) is 4.00. The highest BCUT2D eigenvalue weighted by atomic mass is 35.5. The number of pyridine rings is 1. The Kier molecular flexibility index (Phi) is 4.78. The van der Waals surface area contributed by atoms with Gasteiger partial charge in [0.1, 0.15) is 5.39 Å². The molecule has 0 fully saturated rings. The standard InChI is InChI=1S/C25H16ClN7O/c26-20-5-1-2-6-21(20)33-23(34)19-15-29-24(31-22(19)32-13-12-28-25(32)33)30-18-9-7-16(8-10-18)17-4-3-11-27-14-17/h1-15H,(H,29,30,31). The van der Waals surface area contributed by atoms with Crippen molar-refractivity contribution in [3.63, 3.8) is 0 Å². The van der Waals surface area contributed by atoms with Gasteiger partial charge in [-0.3, -0.25) is 14.2 Å². The molecule has 0 aliphatic rings. The topological polar surface area (TPSA) is 90.0 Å². The van der Waals surface area contributed by atoms with Gasteiger partial charge in [-0.2, -0.15) is 4.98 Å². The maximum absolute atomic E-state index is 13.4. The van der Waals surface area contributed by atoms with E-state index in [2.05, 4.69) is 25.3 Å². The molecule has 0 atom stereocenters. The van der Waals surface area contributed by atoms with Crippen LogP contribution in [0, 0.1) is 0 Å². The number of para-hydroxylation sites is 1. The Labute approximate surface area is 198 Å². The largest absolute Gasteiger partial charge is 0.324 e. The number of aromatic nitrogens is 6. The van der Waals surface area contributed by atoms with Gasteiger partial charge in [0.15, 0.2) is 5.65 Å². The smallest absolute Gasteiger partial charge is 0.270 e. The van der Waals surface area contributed by atoms with E-state index in [4.69, 9.17) is 11.6 Å². The lowest BCUT2D eigenvalue weighted by molar-refractivity contribution is 0.961. The van der Waals surface area contributed by atoms with E-state index in [9.17, 15) is 4.79 Å². The van der Waals surface area contributed by atoms with Crippen molar-refractivity contribution in [1.82, 2.24) is 28.9 Å². The predicted molar refractivity (Wildman–Crippen MR) is 132 cm³/mol. The van der Waals surface area contributed by atoms with Gasteiger partial charge in [0, 0.05) is 36.7 Å². The van der Waals surface area contributed by atoms with Crippen LogP contribution in [0.5, 0.6) is 0 Å². The molecule has 0 saturated carbocycles. The van der Waals surface area contributed by atoms with E-state index < -0.39 is 0 Å². The zero-order valence-corrected chi connectivity index (χ0v) is 18.4. The molecule has 0 aliphatic heterocycles. The minimum Gasteiger partial charge on any atom is -0.324 e. The number of hydrogen-bond donors (Lipinski definition) is 1. The lowest BCUT2D eigenvalue weighted by Gasteiger charge is -2.12. The molecule has 34 heavy (non-hydrogen) atoms. The molecule has 0 saturated heterocycles. The minimum absolute atomic E-state index is 0.297. The zero-order valence-electron chi connectivity index (χ0n) is 17.6. The second-order valence-corrected chi connectivity index (χ2v) is 7.97. The van der Waals surface area contributed by atoms with Gasteiger partial charge in [-0.1, -0.05) is 41.9 Å². The number of imidazole rings is 1. The fraction of sp³-hybridized carbons (Fsp3) is 0. The number of fused-ring (bicyclic) bond motifs is 3. The number of rotatable bonds is 4. The molecule has 1 N–H and O–H groups in total. The average Bonchev–Trinajstić information content (AvgIpc) is 3.36. The van der Waals surface area contributed by atoms with E-state index >= 15 is 0 Å². The summed E-state index contributed by atoms with van der Waals surface area (Å²) in [6.45, 7) is 0. The zero-order chi connectivity index (χ0) is 23.1. The van der Waals surface area contributed by atoms with E-state index in [1.807, 2.05) is 54.7 Å². The van der Waals surface area contributed by atoms with E-state index in [-0.39, 0.29) is 5.56 Å². The third-order valence-electron chi connectivity index (χ3n) is 5.48. The Hall–Kier alpha value is -4.56. The maximum Gasteiger partial charge on any atom is 0.270 e. The van der Waals surface area contributed by atoms with Crippen LogP contribution in [0.4, 0.5) is 11.6 Å². The van der Waals surface area contributed by atoms with Crippen molar-refractivity contribution in [2.45, 2.75) is 0 Å². The summed E-state index contributed by atoms with van der Waals surface area (Å²) in [5.41, 5.74) is 3.60. The molecule has 4 heterocycles. The monoisotopic (exact) mass is 465 g/mol. The fourth-order valence-corrected chi connectivity index (χ4v) is 4.08. The van der Waals surface area contributed by atoms with Crippen LogP contribution >= 0.6 is 11.6 Å². The lowest BCUT2D eigenvalue weighted by atomic mass is 10.1. The van der Waals surface area contributed by atoms with Crippen LogP contribution in [0.15, 0.2) is 96.4 Å². The first-order chi connectivity index (χ1) is 16.7. The van der Waals surface area contributed by atoms with Gasteiger partial charge in [-0.25, -0.2) is 14.5 Å². The highest BCUT2D eigenvalue weighted by Crippen LogP contribution is 2.24. The van der Waals surface area contributed by atoms with Crippen molar-refractivity contribution in [3.05, 3.63) is 107 Å². The van der Waals surface area contributed by atoms with Crippen LogP contribution in [-0.4, -0.2) is 28.9 Å². The number of benzene rings is 2. The van der Waals surface area contributed by atoms with Crippen LogP contribution in [0.1, 0.15) is 0 Å². The number of nitrogens with zero attached hydrogens (tertiary/aromatic N) is 6. The number of halogens is 1. The molecule has 0 aliphatic carbocycles. The predicted octanol–water partition coefficient (Wildman–Crippen LogP) is 4.89. The molecular weight excluding hydrogens is 450 g/mol. The van der Waals surface area contributed by atoms with E-state index in [1.165, 1.54) is 10.8 Å². The molecule has 0 unspecified atom stereocenters. The van der Waals surface area contributed by atoms with Crippen LogP contribution < -0.4 is 10.9 Å². The minimum atomic E-state index is -0.297. The van der Waals surface area contributed by atoms with E-state index in [0.717, 1.165) is 16.8 Å². The highest BCUT2D eigenvalue weighted by molar-refractivity contribution is 6.32. The fourth-order valence-electron chi connectivity index (χ4n) is 3.86. The first-order valence-electron chi connectivity index (χ1n) is 10.5. The Morgan fingerprint density at radius 1 is 0.853 bits per heavy atom. The van der Waals surface area contributed by atoms with Gasteiger partial charge in [0.2, 0.25) is 11.7 Å². The first kappa shape index (κ1) is 20.1. The van der Waals surface area contributed by atoms with Gasteiger partial charge < -0.3 is 5.32 Å². The van der Waals surface area contributed by atoms with Crippen LogP contribution in [0.25, 0.3) is 33.6 Å². The van der Waals surface area contributed by atoms with Crippen molar-refractivity contribution >= 4 is 40.0 Å². The van der Waals surface area contributed by atoms with Crippen LogP contribution in [-0.2, 0) is 0 Å². The molecule has 6 aromatic rings. The van der Waals surface area contributed by atoms with E-state index in [0.29, 0.717) is 33.5 Å². The van der Waals surface area contributed by atoms with Gasteiger partial charge >= 0.3 is 0 Å². The Morgan fingerprint density at radius 2 is 1.71 bits per heavy atom. The van der Waals surface area contributed by atoms with Crippen molar-refractivity contribution < 1.29 is 0 Å². The van der Waals surface area contributed by atoms with E-state index in [1.54, 1.807) is 35.1 Å². The van der Waals surface area contributed by atoms with Gasteiger partial charge in [-0.05, 0) is 41.5 Å². The molecule has 4 aromatic heterocycles. The summed E-state index contributed by atoms with van der Waals surface area (Å²) >= 11 is 6.37. The van der Waals surface area contributed by atoms with Gasteiger partial charge in [-0.15, -0.1) is 0 Å². The molecule has 0 radical (unpaired) electrons. The quantitative estimate of drug-likeness (QED) is 0.399. The van der Waals surface area contributed by atoms with Crippen LogP contribution in [0.3, 0.4) is 0 Å². The molecule has 0 bridgehead atoms. The molecule has 2 aromatic carbocycles. The summed E-state index contributed by atoms with van der Waals surface area (Å²) in [7, 11) is 0. The van der Waals surface area contributed by atoms with Crippen molar-refractivity contribution in [2.75, 3.05) is 5.32 Å². The average molecular weight is 466 g/mol. The third kappa shape index (κ3) is 3.37. The molecule has 9 heteroatoms. The van der Waals surface area contributed by atoms with Gasteiger partial charge in [0.05, 0.1) is 10.7 Å². The second kappa shape index (κ2) is 8.09. The Morgan fingerprint density at radius 3 is 2.50 bits per heavy atom. The van der Waals surface area contributed by atoms with Crippen molar-refractivity contribution in [1.29, 1.82) is 0 Å². The van der Waals surface area contributed by atoms with Crippen molar-refractivity contribution in [2.24, 2.45) is 0 Å². The lowest BCUT2D eigenvalue weighted by Crippen LogP contribution is -2.22. The highest BCUT2D eigenvalue weighted by Gasteiger charge is 2.17. The molecule has 164 valence electrons. The maximum atomic E-state index is 13.4. The summed E-state index contributed by atoms with van der Waals surface area (Å²) < 4.78 is 3.22. The Balaban J connectivity index is 1.42. The number of hydrogen-bond acceptors (Lipinski definition) is 6. The second-order valence-electron chi connectivity index (χ2n) is 7.56. The number of nitrogens with one attached hydrogen (secondary N) is 1. The number of anilines is 2.